The van der Waals surface area contributed by atoms with Crippen molar-refractivity contribution in [2.24, 2.45) is 5.84 Å². The molecule has 7 nitrogen and oxygen atoms in total. The van der Waals surface area contributed by atoms with Gasteiger partial charge in [0.1, 0.15) is 0 Å². The predicted molar refractivity (Wildman–Crippen MR) is 80.7 cm³/mol. The molecule has 2 rings (SSSR count). The second-order valence-electron chi connectivity index (χ2n) is 4.51. The van der Waals surface area contributed by atoms with Gasteiger partial charge < -0.3 is 9.80 Å². The van der Waals surface area contributed by atoms with Gasteiger partial charge >= 0.3 is 0 Å². The standard InChI is InChI=1S/C11H21N7S/c1-17(7-8-19-2)10-13-9(16-12)14-11(15-10)18-5-3-4-6-18/h3-8,12H2,1-2H3,(H,13,14,15,16). The maximum atomic E-state index is 5.44. The molecule has 1 aromatic rings. The Morgan fingerprint density at radius 3 is 2.68 bits per heavy atom. The first-order chi connectivity index (χ1) is 9.24. The Balaban J connectivity index is 2.19. The van der Waals surface area contributed by atoms with E-state index >= 15 is 0 Å². The fraction of sp³-hybridized carbons (Fsp3) is 0.727. The molecule has 0 radical (unpaired) electrons. The van der Waals surface area contributed by atoms with Crippen LogP contribution in [0.15, 0.2) is 0 Å². The number of hydrazine groups is 1. The number of aromatic nitrogens is 3. The summed E-state index contributed by atoms with van der Waals surface area (Å²) in [6.45, 7) is 2.90. The lowest BCUT2D eigenvalue weighted by Gasteiger charge is -2.20. The van der Waals surface area contributed by atoms with E-state index in [4.69, 9.17) is 5.84 Å². The van der Waals surface area contributed by atoms with Crippen molar-refractivity contribution in [3.8, 4) is 0 Å². The van der Waals surface area contributed by atoms with E-state index in [-0.39, 0.29) is 0 Å². The highest BCUT2D eigenvalue weighted by Crippen LogP contribution is 2.19. The average Bonchev–Trinajstić information content (AvgIpc) is 2.98. The first kappa shape index (κ1) is 14.1. The van der Waals surface area contributed by atoms with Gasteiger partial charge in [-0.1, -0.05) is 0 Å². The van der Waals surface area contributed by atoms with Crippen LogP contribution in [0.1, 0.15) is 12.8 Å². The second kappa shape index (κ2) is 6.76. The number of nitrogens with one attached hydrogen (secondary N) is 1. The van der Waals surface area contributed by atoms with Gasteiger partial charge in [0.05, 0.1) is 0 Å². The molecule has 1 aliphatic rings. The fourth-order valence-electron chi connectivity index (χ4n) is 1.98. The summed E-state index contributed by atoms with van der Waals surface area (Å²) in [5.74, 6) is 8.28. The Morgan fingerprint density at radius 2 is 2.05 bits per heavy atom. The maximum absolute atomic E-state index is 5.44. The van der Waals surface area contributed by atoms with Gasteiger partial charge in [0.25, 0.3) is 0 Å². The van der Waals surface area contributed by atoms with Crippen molar-refractivity contribution in [1.29, 1.82) is 0 Å². The Labute approximate surface area is 118 Å². The van der Waals surface area contributed by atoms with Crippen molar-refractivity contribution in [3.05, 3.63) is 0 Å². The highest BCUT2D eigenvalue weighted by molar-refractivity contribution is 7.98. The summed E-state index contributed by atoms with van der Waals surface area (Å²) in [4.78, 5) is 17.4. The molecule has 0 bridgehead atoms. The molecule has 1 fully saturated rings. The molecule has 8 heteroatoms. The van der Waals surface area contributed by atoms with Crippen molar-refractivity contribution in [3.63, 3.8) is 0 Å². The first-order valence-corrected chi connectivity index (χ1v) is 7.81. The molecule has 106 valence electrons. The zero-order valence-corrected chi connectivity index (χ0v) is 12.3. The van der Waals surface area contributed by atoms with Crippen molar-refractivity contribution < 1.29 is 0 Å². The first-order valence-electron chi connectivity index (χ1n) is 6.42. The summed E-state index contributed by atoms with van der Waals surface area (Å²) in [6.07, 6.45) is 4.47. The van der Waals surface area contributed by atoms with Crippen LogP contribution in [-0.2, 0) is 0 Å². The van der Waals surface area contributed by atoms with Gasteiger partial charge in [-0.05, 0) is 19.1 Å². The normalized spacial score (nSPS) is 14.8. The third-order valence-corrected chi connectivity index (χ3v) is 3.69. The van der Waals surface area contributed by atoms with E-state index in [2.05, 4.69) is 31.5 Å². The van der Waals surface area contributed by atoms with Gasteiger partial charge in [0, 0.05) is 32.4 Å². The zero-order valence-electron chi connectivity index (χ0n) is 11.5. The van der Waals surface area contributed by atoms with E-state index in [0.717, 1.165) is 25.4 Å². The third-order valence-electron chi connectivity index (χ3n) is 3.10. The number of nitrogen functional groups attached to an aromatic ring is 1. The molecule has 0 spiro atoms. The fourth-order valence-corrected chi connectivity index (χ4v) is 2.43. The number of nitrogens with two attached hydrogens (primary N) is 1. The highest BCUT2D eigenvalue weighted by atomic mass is 32.2. The number of thioether (sulfide) groups is 1. The minimum Gasteiger partial charge on any atom is -0.343 e. The number of nitrogens with zero attached hydrogens (tertiary/aromatic N) is 5. The Morgan fingerprint density at radius 1 is 1.32 bits per heavy atom. The lowest BCUT2D eigenvalue weighted by molar-refractivity contribution is 0.843. The van der Waals surface area contributed by atoms with E-state index in [1.807, 2.05) is 11.9 Å². The Kier molecular flexibility index (Phi) is 5.03. The summed E-state index contributed by atoms with van der Waals surface area (Å²) in [5, 5.41) is 0. The van der Waals surface area contributed by atoms with E-state index in [0.29, 0.717) is 17.8 Å². The van der Waals surface area contributed by atoms with Gasteiger partial charge in [-0.15, -0.1) is 0 Å². The van der Waals surface area contributed by atoms with Crippen molar-refractivity contribution >= 4 is 29.6 Å². The Hall–Kier alpha value is -1.28. The summed E-state index contributed by atoms with van der Waals surface area (Å²) >= 11 is 1.80. The summed E-state index contributed by atoms with van der Waals surface area (Å²) in [6, 6.07) is 0. The molecular formula is C11H21N7S. The number of hydrogen-bond acceptors (Lipinski definition) is 8. The van der Waals surface area contributed by atoms with Gasteiger partial charge in [-0.2, -0.15) is 26.7 Å². The maximum Gasteiger partial charge on any atom is 0.243 e. The summed E-state index contributed by atoms with van der Waals surface area (Å²) in [7, 11) is 1.99. The molecule has 0 saturated carbocycles. The molecule has 0 atom stereocenters. The van der Waals surface area contributed by atoms with Crippen LogP contribution < -0.4 is 21.1 Å². The van der Waals surface area contributed by atoms with Crippen LogP contribution >= 0.6 is 11.8 Å². The van der Waals surface area contributed by atoms with E-state index < -0.39 is 0 Å². The lowest BCUT2D eigenvalue weighted by atomic mass is 10.4. The molecular weight excluding hydrogens is 262 g/mol. The van der Waals surface area contributed by atoms with Gasteiger partial charge in [-0.25, -0.2) is 5.84 Å². The molecule has 0 aromatic carbocycles. The molecule has 1 aliphatic heterocycles. The number of anilines is 3. The molecule has 1 aromatic heterocycles. The SMILES string of the molecule is CSCCN(C)c1nc(NN)nc(N2CCCC2)n1. The third kappa shape index (κ3) is 3.60. The average molecular weight is 283 g/mol. The van der Waals surface area contributed by atoms with Crippen LogP contribution in [-0.4, -0.2) is 53.6 Å². The highest BCUT2D eigenvalue weighted by Gasteiger charge is 2.18. The molecule has 0 unspecified atom stereocenters. The lowest BCUT2D eigenvalue weighted by Crippen LogP contribution is -2.27. The van der Waals surface area contributed by atoms with Crippen LogP contribution in [0.4, 0.5) is 17.8 Å². The van der Waals surface area contributed by atoms with Crippen molar-refractivity contribution in [2.75, 3.05) is 53.9 Å². The zero-order chi connectivity index (χ0) is 13.7. The number of rotatable bonds is 6. The van der Waals surface area contributed by atoms with E-state index in [9.17, 15) is 0 Å². The van der Waals surface area contributed by atoms with Crippen LogP contribution in [0.2, 0.25) is 0 Å². The molecule has 2 heterocycles. The molecule has 19 heavy (non-hydrogen) atoms. The van der Waals surface area contributed by atoms with Gasteiger partial charge in [0.2, 0.25) is 17.8 Å². The van der Waals surface area contributed by atoms with E-state index in [1.165, 1.54) is 12.8 Å². The Bertz CT molecular complexity index is 408. The molecule has 0 aliphatic carbocycles. The summed E-state index contributed by atoms with van der Waals surface area (Å²) in [5.41, 5.74) is 2.52. The largest absolute Gasteiger partial charge is 0.343 e. The minimum absolute atomic E-state index is 0.419. The van der Waals surface area contributed by atoms with Gasteiger partial charge in [-0.3, -0.25) is 5.43 Å². The molecule has 1 saturated heterocycles. The number of hydrogen-bond donors (Lipinski definition) is 2. The quantitative estimate of drug-likeness (QED) is 0.579. The van der Waals surface area contributed by atoms with E-state index in [1.54, 1.807) is 11.8 Å². The van der Waals surface area contributed by atoms with Gasteiger partial charge in [0.15, 0.2) is 0 Å². The second-order valence-corrected chi connectivity index (χ2v) is 5.50. The van der Waals surface area contributed by atoms with Crippen molar-refractivity contribution in [2.45, 2.75) is 12.8 Å². The van der Waals surface area contributed by atoms with Crippen molar-refractivity contribution in [1.82, 2.24) is 15.0 Å². The van der Waals surface area contributed by atoms with Crippen LogP contribution in [0.3, 0.4) is 0 Å². The predicted octanol–water partition coefficient (Wildman–Crippen LogP) is 0.557. The monoisotopic (exact) mass is 283 g/mol. The van der Waals surface area contributed by atoms with Crippen LogP contribution in [0, 0.1) is 0 Å². The molecule has 3 N–H and O–H groups in total. The topological polar surface area (TPSA) is 83.2 Å². The minimum atomic E-state index is 0.419. The molecule has 0 amide bonds. The van der Waals surface area contributed by atoms with Crippen LogP contribution in [0.5, 0.6) is 0 Å². The summed E-state index contributed by atoms with van der Waals surface area (Å²) < 4.78 is 0. The van der Waals surface area contributed by atoms with Crippen LogP contribution in [0.25, 0.3) is 0 Å². The smallest absolute Gasteiger partial charge is 0.243 e.